The third-order valence-corrected chi connectivity index (χ3v) is 5.22. The second-order valence-corrected chi connectivity index (χ2v) is 6.89. The molecule has 128 valence electrons. The van der Waals surface area contributed by atoms with Crippen LogP contribution in [0.1, 0.15) is 16.0 Å². The van der Waals surface area contributed by atoms with E-state index in [9.17, 15) is 18.0 Å². The van der Waals surface area contributed by atoms with Gasteiger partial charge in [0.05, 0.1) is 22.8 Å². The Morgan fingerprint density at radius 3 is 2.83 bits per heavy atom. The van der Waals surface area contributed by atoms with E-state index in [2.05, 4.69) is 5.32 Å². The summed E-state index contributed by atoms with van der Waals surface area (Å²) in [5.74, 6) is -0.109. The number of benzene rings is 1. The molecule has 0 aliphatic carbocycles. The summed E-state index contributed by atoms with van der Waals surface area (Å²) in [6, 6.07) is 5.05. The summed E-state index contributed by atoms with van der Waals surface area (Å²) in [5, 5.41) is 4.77. The van der Waals surface area contributed by atoms with Gasteiger partial charge in [0.1, 0.15) is 0 Å². The fraction of sp³-hybridized carbons (Fsp3) is 0.312. The molecule has 0 saturated carbocycles. The van der Waals surface area contributed by atoms with Gasteiger partial charge in [0.2, 0.25) is 5.91 Å². The number of fused-ring (bicyclic) bond motifs is 1. The standard InChI is InChI=1S/C16H14ClF3N2OS/c17-12-7-11(16(18,19)20)1-2-13(12)21-8-15(23)22-5-3-14-10(9-22)4-6-24-14/h1-2,4,6-7,21H,3,5,8-9H2. The van der Waals surface area contributed by atoms with Crippen LogP contribution in [0.2, 0.25) is 5.02 Å². The van der Waals surface area contributed by atoms with E-state index in [1.165, 1.54) is 10.9 Å². The predicted molar refractivity (Wildman–Crippen MR) is 88.4 cm³/mol. The Hall–Kier alpha value is -1.73. The second-order valence-electron chi connectivity index (χ2n) is 5.48. The van der Waals surface area contributed by atoms with E-state index in [-0.39, 0.29) is 17.5 Å². The molecule has 3 nitrogen and oxygen atoms in total. The van der Waals surface area contributed by atoms with Crippen molar-refractivity contribution in [3.8, 4) is 0 Å². The topological polar surface area (TPSA) is 32.3 Å². The van der Waals surface area contributed by atoms with Crippen LogP contribution in [0.5, 0.6) is 0 Å². The first-order chi connectivity index (χ1) is 11.3. The van der Waals surface area contributed by atoms with Crippen LogP contribution in [0.25, 0.3) is 0 Å². The van der Waals surface area contributed by atoms with Crippen LogP contribution >= 0.6 is 22.9 Å². The van der Waals surface area contributed by atoms with Crippen LogP contribution in [-0.2, 0) is 23.9 Å². The van der Waals surface area contributed by atoms with E-state index >= 15 is 0 Å². The molecular weight excluding hydrogens is 361 g/mol. The lowest BCUT2D eigenvalue weighted by Gasteiger charge is -2.27. The molecule has 1 aliphatic rings. The van der Waals surface area contributed by atoms with Crippen LogP contribution in [0, 0.1) is 0 Å². The van der Waals surface area contributed by atoms with E-state index in [4.69, 9.17) is 11.6 Å². The van der Waals surface area contributed by atoms with Gasteiger partial charge < -0.3 is 10.2 Å². The number of thiophene rings is 1. The molecule has 1 amide bonds. The van der Waals surface area contributed by atoms with Crippen LogP contribution < -0.4 is 5.32 Å². The van der Waals surface area contributed by atoms with Gasteiger partial charge in [-0.1, -0.05) is 11.6 Å². The molecule has 1 N–H and O–H groups in total. The molecule has 0 saturated heterocycles. The van der Waals surface area contributed by atoms with Gasteiger partial charge >= 0.3 is 6.18 Å². The first kappa shape index (κ1) is 17.1. The van der Waals surface area contributed by atoms with Crippen LogP contribution in [0.15, 0.2) is 29.6 Å². The highest BCUT2D eigenvalue weighted by molar-refractivity contribution is 7.10. The van der Waals surface area contributed by atoms with Gasteiger partial charge in [0.25, 0.3) is 0 Å². The van der Waals surface area contributed by atoms with Crippen molar-refractivity contribution < 1.29 is 18.0 Å². The number of hydrogen-bond acceptors (Lipinski definition) is 3. The van der Waals surface area contributed by atoms with Crippen LogP contribution in [0.3, 0.4) is 0 Å². The number of anilines is 1. The zero-order valence-corrected chi connectivity index (χ0v) is 14.1. The molecule has 3 rings (SSSR count). The summed E-state index contributed by atoms with van der Waals surface area (Å²) < 4.78 is 37.8. The zero-order chi connectivity index (χ0) is 17.3. The number of hydrogen-bond donors (Lipinski definition) is 1. The van der Waals surface area contributed by atoms with Crippen LogP contribution in [0.4, 0.5) is 18.9 Å². The van der Waals surface area contributed by atoms with E-state index in [0.29, 0.717) is 18.8 Å². The first-order valence-corrected chi connectivity index (χ1v) is 8.54. The molecule has 24 heavy (non-hydrogen) atoms. The van der Waals surface area contributed by atoms with Crippen molar-refractivity contribution in [2.45, 2.75) is 19.1 Å². The number of nitrogens with zero attached hydrogens (tertiary/aromatic N) is 1. The normalized spacial score (nSPS) is 14.4. The number of alkyl halides is 3. The Bertz CT molecular complexity index is 760. The molecule has 8 heteroatoms. The van der Waals surface area contributed by atoms with Gasteiger partial charge in [-0.15, -0.1) is 11.3 Å². The van der Waals surface area contributed by atoms with E-state index in [1.807, 2.05) is 11.4 Å². The third-order valence-electron chi connectivity index (χ3n) is 3.89. The van der Waals surface area contributed by atoms with Crippen molar-refractivity contribution in [3.05, 3.63) is 50.7 Å². The maximum absolute atomic E-state index is 12.6. The van der Waals surface area contributed by atoms with Crippen LogP contribution in [-0.4, -0.2) is 23.9 Å². The van der Waals surface area contributed by atoms with Gasteiger partial charge in [-0.25, -0.2) is 0 Å². The SMILES string of the molecule is O=C(CNc1ccc(C(F)(F)F)cc1Cl)N1CCc2sccc2C1. The highest BCUT2D eigenvalue weighted by Crippen LogP contribution is 2.33. The van der Waals surface area contributed by atoms with E-state index in [1.54, 1.807) is 16.2 Å². The minimum Gasteiger partial charge on any atom is -0.375 e. The third kappa shape index (κ3) is 3.67. The Labute approximate surface area is 146 Å². The number of halogens is 4. The van der Waals surface area contributed by atoms with E-state index < -0.39 is 11.7 Å². The summed E-state index contributed by atoms with van der Waals surface area (Å²) in [7, 11) is 0. The summed E-state index contributed by atoms with van der Waals surface area (Å²) >= 11 is 7.56. The largest absolute Gasteiger partial charge is 0.416 e. The van der Waals surface area contributed by atoms with Gasteiger partial charge in [0.15, 0.2) is 0 Å². The second kappa shape index (κ2) is 6.64. The smallest absolute Gasteiger partial charge is 0.375 e. The Balaban J connectivity index is 1.61. The lowest BCUT2D eigenvalue weighted by molar-refractivity contribution is -0.137. The molecule has 2 aromatic rings. The molecule has 0 bridgehead atoms. The number of amides is 1. The van der Waals surface area contributed by atoms with Crippen molar-refractivity contribution in [2.75, 3.05) is 18.4 Å². The average Bonchev–Trinajstić information content (AvgIpc) is 3.00. The Morgan fingerprint density at radius 2 is 2.12 bits per heavy atom. The highest BCUT2D eigenvalue weighted by atomic mass is 35.5. The van der Waals surface area contributed by atoms with Crippen molar-refractivity contribution in [1.82, 2.24) is 4.90 Å². The van der Waals surface area contributed by atoms with Gasteiger partial charge in [-0.2, -0.15) is 13.2 Å². The van der Waals surface area contributed by atoms with Gasteiger partial charge in [0, 0.05) is 18.0 Å². The first-order valence-electron chi connectivity index (χ1n) is 7.28. The fourth-order valence-electron chi connectivity index (χ4n) is 2.58. The van der Waals surface area contributed by atoms with Crippen molar-refractivity contribution in [1.29, 1.82) is 0 Å². The monoisotopic (exact) mass is 374 g/mol. The van der Waals surface area contributed by atoms with Crippen molar-refractivity contribution in [2.24, 2.45) is 0 Å². The zero-order valence-electron chi connectivity index (χ0n) is 12.5. The number of carbonyl (C=O) groups excluding carboxylic acids is 1. The van der Waals surface area contributed by atoms with Gasteiger partial charge in [-0.05, 0) is 41.6 Å². The number of nitrogens with one attached hydrogen (secondary N) is 1. The number of rotatable bonds is 3. The minimum absolute atomic E-state index is 0.00937. The molecule has 1 aromatic carbocycles. The molecule has 0 spiro atoms. The molecule has 0 radical (unpaired) electrons. The Kier molecular flexibility index (Phi) is 4.73. The molecule has 1 aliphatic heterocycles. The maximum Gasteiger partial charge on any atom is 0.416 e. The maximum atomic E-state index is 12.6. The number of carbonyl (C=O) groups is 1. The molecule has 2 heterocycles. The summed E-state index contributed by atoms with van der Waals surface area (Å²) in [5.41, 5.74) is 0.656. The van der Waals surface area contributed by atoms with E-state index in [0.717, 1.165) is 24.1 Å². The summed E-state index contributed by atoms with van der Waals surface area (Å²) in [6.07, 6.45) is -3.61. The molecular formula is C16H14ClF3N2OS. The lowest BCUT2D eigenvalue weighted by atomic mass is 10.1. The average molecular weight is 375 g/mol. The fourth-order valence-corrected chi connectivity index (χ4v) is 3.72. The molecule has 0 atom stereocenters. The summed E-state index contributed by atoms with van der Waals surface area (Å²) in [4.78, 5) is 15.3. The Morgan fingerprint density at radius 1 is 1.33 bits per heavy atom. The van der Waals surface area contributed by atoms with Crippen molar-refractivity contribution >= 4 is 34.5 Å². The minimum atomic E-state index is -4.44. The highest BCUT2D eigenvalue weighted by Gasteiger charge is 2.31. The quantitative estimate of drug-likeness (QED) is 0.862. The molecule has 0 unspecified atom stereocenters. The van der Waals surface area contributed by atoms with Gasteiger partial charge in [-0.3, -0.25) is 4.79 Å². The van der Waals surface area contributed by atoms with Crippen molar-refractivity contribution in [3.63, 3.8) is 0 Å². The molecule has 1 aromatic heterocycles. The lowest BCUT2D eigenvalue weighted by Crippen LogP contribution is -2.38. The predicted octanol–water partition coefficient (Wildman–Crippen LogP) is 4.42. The summed E-state index contributed by atoms with van der Waals surface area (Å²) in [6.45, 7) is 1.21. The molecule has 0 fully saturated rings.